The number of hydrogen-bond donors (Lipinski definition) is 2. The quantitative estimate of drug-likeness (QED) is 0.707. The molecule has 0 spiro atoms. The van der Waals surface area contributed by atoms with Gasteiger partial charge in [0.2, 0.25) is 0 Å². The Bertz CT molecular complexity index is 1030. The fourth-order valence-corrected chi connectivity index (χ4v) is 7.58. The van der Waals surface area contributed by atoms with E-state index in [2.05, 4.69) is 28.4 Å². The summed E-state index contributed by atoms with van der Waals surface area (Å²) in [6, 6.07) is 11.0. The number of aromatic nitrogens is 1. The number of aryl methyl sites for hydroxylation is 1. The summed E-state index contributed by atoms with van der Waals surface area (Å²) >= 11 is 6.08. The molecule has 0 radical (unpaired) electrons. The van der Waals surface area contributed by atoms with Crippen LogP contribution in [0.5, 0.6) is 0 Å². The monoisotopic (exact) mass is 457 g/mol. The molecular formula is C24H28ClN3O2S. The fourth-order valence-electron chi connectivity index (χ4n) is 6.08. The Morgan fingerprint density at radius 2 is 2.06 bits per heavy atom. The number of piperidine rings is 1. The summed E-state index contributed by atoms with van der Waals surface area (Å²) in [7, 11) is -1.00. The highest BCUT2D eigenvalue weighted by Gasteiger charge is 2.46. The number of anilines is 2. The zero-order chi connectivity index (χ0) is 21.2. The third-order valence-corrected chi connectivity index (χ3v) is 9.69. The lowest BCUT2D eigenvalue weighted by Gasteiger charge is -2.42. The van der Waals surface area contributed by atoms with Crippen molar-refractivity contribution < 1.29 is 9.32 Å². The van der Waals surface area contributed by atoms with Crippen LogP contribution in [-0.4, -0.2) is 44.8 Å². The smallest absolute Gasteiger partial charge is 0.145 e. The van der Waals surface area contributed by atoms with Crippen molar-refractivity contribution in [3.63, 3.8) is 0 Å². The van der Waals surface area contributed by atoms with Crippen molar-refractivity contribution in [2.24, 2.45) is 5.92 Å². The van der Waals surface area contributed by atoms with Gasteiger partial charge < -0.3 is 15.3 Å². The summed E-state index contributed by atoms with van der Waals surface area (Å²) in [5, 5.41) is 14.3. The number of aliphatic hydroxyl groups is 1. The van der Waals surface area contributed by atoms with Crippen LogP contribution in [0.2, 0.25) is 5.02 Å². The predicted molar refractivity (Wildman–Crippen MR) is 125 cm³/mol. The van der Waals surface area contributed by atoms with Gasteiger partial charge in [-0.25, -0.2) is 4.98 Å². The Kier molecular flexibility index (Phi) is 4.82. The molecule has 1 aromatic heterocycles. The van der Waals surface area contributed by atoms with Crippen molar-refractivity contribution in [1.29, 1.82) is 0 Å². The van der Waals surface area contributed by atoms with E-state index in [4.69, 9.17) is 16.6 Å². The van der Waals surface area contributed by atoms with Gasteiger partial charge in [0, 0.05) is 23.4 Å². The van der Waals surface area contributed by atoms with Gasteiger partial charge in [-0.05, 0) is 79.7 Å². The molecule has 2 aromatic rings. The lowest BCUT2D eigenvalue weighted by Crippen LogP contribution is -2.48. The van der Waals surface area contributed by atoms with Crippen molar-refractivity contribution >= 4 is 34.0 Å². The third kappa shape index (κ3) is 3.30. The highest BCUT2D eigenvalue weighted by molar-refractivity contribution is 7.85. The van der Waals surface area contributed by atoms with E-state index < -0.39 is 10.8 Å². The highest BCUT2D eigenvalue weighted by atomic mass is 35.5. The number of fused-ring (bicyclic) bond motifs is 3. The first-order valence-corrected chi connectivity index (χ1v) is 13.1. The predicted octanol–water partition coefficient (Wildman–Crippen LogP) is 4.11. The molecule has 31 heavy (non-hydrogen) atoms. The van der Waals surface area contributed by atoms with Crippen LogP contribution in [0.1, 0.15) is 49.1 Å². The number of nitrogens with one attached hydrogen (secondary N) is 1. The lowest BCUT2D eigenvalue weighted by molar-refractivity contribution is 0.143. The van der Waals surface area contributed by atoms with E-state index in [0.717, 1.165) is 65.8 Å². The second kappa shape index (κ2) is 7.46. The SMILES string of the molecule is O=[S@]1CCc2cc(N3CC4CC3CC4c3ccc(Cl)cc3)nc(NC3(CO)CCC3)c21. The van der Waals surface area contributed by atoms with E-state index in [-0.39, 0.29) is 12.1 Å². The van der Waals surface area contributed by atoms with Gasteiger partial charge in [0.15, 0.2) is 0 Å². The van der Waals surface area contributed by atoms with E-state index in [1.807, 2.05) is 12.1 Å². The van der Waals surface area contributed by atoms with Crippen molar-refractivity contribution in [1.82, 2.24) is 4.98 Å². The number of rotatable bonds is 5. The summed E-state index contributed by atoms with van der Waals surface area (Å²) in [5.41, 5.74) is 2.26. The first kappa shape index (κ1) is 20.0. The molecule has 7 heteroatoms. The summed E-state index contributed by atoms with van der Waals surface area (Å²) in [4.78, 5) is 8.35. The molecular weight excluding hydrogens is 430 g/mol. The van der Waals surface area contributed by atoms with Gasteiger partial charge in [-0.15, -0.1) is 0 Å². The van der Waals surface area contributed by atoms with Crippen molar-refractivity contribution in [3.05, 3.63) is 46.5 Å². The van der Waals surface area contributed by atoms with Gasteiger partial charge in [0.1, 0.15) is 11.6 Å². The zero-order valence-corrected chi connectivity index (χ0v) is 19.1. The van der Waals surface area contributed by atoms with Crippen LogP contribution in [0.15, 0.2) is 35.2 Å². The average Bonchev–Trinajstić information content (AvgIpc) is 3.45. The van der Waals surface area contributed by atoms with E-state index in [1.165, 1.54) is 12.0 Å². The lowest BCUT2D eigenvalue weighted by atomic mass is 9.77. The standard InChI is InChI=1S/C24H28ClN3O2S/c25-18-4-2-15(3-5-18)20-12-19-10-17(20)13-28(19)21-11-16-6-9-31(30)22(16)23(26-21)27-24(14-29)7-1-8-24/h2-5,11,17,19-20,29H,1,6-10,12-14H2,(H,26,27)/t17?,19?,20?,31-/m0/s1. The molecule has 2 N–H and O–H groups in total. The number of pyridine rings is 1. The summed E-state index contributed by atoms with van der Waals surface area (Å²) in [6.45, 7) is 1.11. The zero-order valence-electron chi connectivity index (χ0n) is 17.5. The maximum absolute atomic E-state index is 12.7. The van der Waals surface area contributed by atoms with Crippen LogP contribution in [0.3, 0.4) is 0 Å². The Hall–Kier alpha value is -1.63. The Labute approximate surface area is 190 Å². The average molecular weight is 458 g/mol. The van der Waals surface area contributed by atoms with E-state index in [1.54, 1.807) is 0 Å². The molecule has 1 aromatic carbocycles. The first-order chi connectivity index (χ1) is 15.0. The van der Waals surface area contributed by atoms with Crippen LogP contribution < -0.4 is 10.2 Å². The van der Waals surface area contributed by atoms with E-state index in [9.17, 15) is 9.32 Å². The molecule has 2 aliphatic heterocycles. The molecule has 2 saturated carbocycles. The molecule has 2 bridgehead atoms. The normalized spacial score (nSPS) is 30.3. The molecule has 3 unspecified atom stereocenters. The minimum Gasteiger partial charge on any atom is -0.394 e. The Morgan fingerprint density at radius 1 is 1.26 bits per heavy atom. The highest BCUT2D eigenvalue weighted by Crippen LogP contribution is 2.49. The van der Waals surface area contributed by atoms with Crippen LogP contribution in [0.25, 0.3) is 0 Å². The molecule has 6 rings (SSSR count). The van der Waals surface area contributed by atoms with Crippen LogP contribution >= 0.6 is 11.6 Å². The van der Waals surface area contributed by atoms with Crippen molar-refractivity contribution in [2.75, 3.05) is 29.1 Å². The number of benzene rings is 1. The van der Waals surface area contributed by atoms with Gasteiger partial charge in [-0.2, -0.15) is 0 Å². The van der Waals surface area contributed by atoms with E-state index >= 15 is 0 Å². The fraction of sp³-hybridized carbons (Fsp3) is 0.542. The Balaban J connectivity index is 1.28. The van der Waals surface area contributed by atoms with Gasteiger partial charge in [0.25, 0.3) is 0 Å². The van der Waals surface area contributed by atoms with Crippen LogP contribution in [0, 0.1) is 5.92 Å². The summed E-state index contributed by atoms with van der Waals surface area (Å²) < 4.78 is 12.7. The molecule has 4 aliphatic rings. The summed E-state index contributed by atoms with van der Waals surface area (Å²) in [5.74, 6) is 3.64. The number of halogens is 1. The van der Waals surface area contributed by atoms with Gasteiger partial charge in [-0.1, -0.05) is 23.7 Å². The van der Waals surface area contributed by atoms with E-state index in [0.29, 0.717) is 23.6 Å². The largest absolute Gasteiger partial charge is 0.394 e. The molecule has 164 valence electrons. The second-order valence-corrected chi connectivity index (χ2v) is 11.7. The molecule has 3 heterocycles. The molecule has 5 nitrogen and oxygen atoms in total. The maximum atomic E-state index is 12.7. The first-order valence-electron chi connectivity index (χ1n) is 11.4. The van der Waals surface area contributed by atoms with Gasteiger partial charge in [0.05, 0.1) is 27.8 Å². The van der Waals surface area contributed by atoms with Gasteiger partial charge >= 0.3 is 0 Å². The van der Waals surface area contributed by atoms with Crippen molar-refractivity contribution in [3.8, 4) is 0 Å². The molecule has 0 amide bonds. The maximum Gasteiger partial charge on any atom is 0.145 e. The van der Waals surface area contributed by atoms with Crippen LogP contribution in [0.4, 0.5) is 11.6 Å². The van der Waals surface area contributed by atoms with Crippen molar-refractivity contribution in [2.45, 2.75) is 60.9 Å². The third-order valence-electron chi connectivity index (χ3n) is 7.95. The molecule has 4 atom stereocenters. The topological polar surface area (TPSA) is 65.5 Å². The molecule has 3 fully saturated rings. The number of nitrogens with zero attached hydrogens (tertiary/aromatic N) is 2. The number of aliphatic hydroxyl groups excluding tert-OH is 1. The second-order valence-electron chi connectivity index (χ2n) is 9.73. The molecule has 1 saturated heterocycles. The minimum atomic E-state index is -1.00. The molecule has 2 aliphatic carbocycles. The Morgan fingerprint density at radius 3 is 2.71 bits per heavy atom. The minimum absolute atomic E-state index is 0.0947. The number of hydrogen-bond acceptors (Lipinski definition) is 5. The van der Waals surface area contributed by atoms with Crippen LogP contribution in [-0.2, 0) is 17.2 Å². The van der Waals surface area contributed by atoms with Gasteiger partial charge in [-0.3, -0.25) is 4.21 Å². The summed E-state index contributed by atoms with van der Waals surface area (Å²) in [6.07, 6.45) is 6.16.